The Bertz CT molecular complexity index is 439. The monoisotopic (exact) mass is 289 g/mol. The highest BCUT2D eigenvalue weighted by molar-refractivity contribution is 5.28. The molecule has 0 bridgehead atoms. The summed E-state index contributed by atoms with van der Waals surface area (Å²) >= 11 is 0. The molecule has 21 heavy (non-hydrogen) atoms. The largest absolute Gasteiger partial charge is 0.497 e. The number of hydrogen-bond donors (Lipinski definition) is 1. The van der Waals surface area contributed by atoms with Crippen LogP contribution in [0.3, 0.4) is 0 Å². The molecule has 1 aliphatic rings. The SMILES string of the molecule is C=CCCN(Cc1cccc(OC)c1)C1CCC(O)CC1. The van der Waals surface area contributed by atoms with Crippen molar-refractivity contribution in [1.82, 2.24) is 4.90 Å². The molecule has 1 aromatic carbocycles. The number of hydrogen-bond acceptors (Lipinski definition) is 3. The minimum Gasteiger partial charge on any atom is -0.497 e. The molecule has 1 saturated carbocycles. The average Bonchev–Trinajstić information content (AvgIpc) is 2.52. The first-order chi connectivity index (χ1) is 10.2. The quantitative estimate of drug-likeness (QED) is 0.781. The maximum Gasteiger partial charge on any atom is 0.119 e. The second kappa shape index (κ2) is 8.20. The summed E-state index contributed by atoms with van der Waals surface area (Å²) in [7, 11) is 1.71. The van der Waals surface area contributed by atoms with Crippen molar-refractivity contribution in [3.8, 4) is 5.75 Å². The van der Waals surface area contributed by atoms with Gasteiger partial charge in [-0.25, -0.2) is 0 Å². The smallest absolute Gasteiger partial charge is 0.119 e. The van der Waals surface area contributed by atoms with Gasteiger partial charge in [-0.2, -0.15) is 0 Å². The van der Waals surface area contributed by atoms with Crippen LogP contribution >= 0.6 is 0 Å². The van der Waals surface area contributed by atoms with E-state index >= 15 is 0 Å². The van der Waals surface area contributed by atoms with Gasteiger partial charge < -0.3 is 9.84 Å². The van der Waals surface area contributed by atoms with Gasteiger partial charge in [-0.15, -0.1) is 6.58 Å². The molecule has 1 fully saturated rings. The van der Waals surface area contributed by atoms with Crippen LogP contribution in [-0.2, 0) is 6.54 Å². The van der Waals surface area contributed by atoms with Gasteiger partial charge in [0.15, 0.2) is 0 Å². The molecular weight excluding hydrogens is 262 g/mol. The van der Waals surface area contributed by atoms with Gasteiger partial charge in [0.1, 0.15) is 5.75 Å². The number of rotatable bonds is 7. The van der Waals surface area contributed by atoms with Crippen molar-refractivity contribution in [1.29, 1.82) is 0 Å². The third-order valence-electron chi connectivity index (χ3n) is 4.32. The number of methoxy groups -OCH3 is 1. The van der Waals surface area contributed by atoms with Crippen molar-refractivity contribution < 1.29 is 9.84 Å². The number of benzene rings is 1. The topological polar surface area (TPSA) is 32.7 Å². The van der Waals surface area contributed by atoms with Gasteiger partial charge in [-0.05, 0) is 49.8 Å². The lowest BCUT2D eigenvalue weighted by atomic mass is 9.91. The summed E-state index contributed by atoms with van der Waals surface area (Å²) in [6.07, 6.45) is 6.91. The van der Waals surface area contributed by atoms with Crippen LogP contribution in [0, 0.1) is 0 Å². The van der Waals surface area contributed by atoms with Crippen LogP contribution < -0.4 is 4.74 Å². The molecule has 0 amide bonds. The minimum atomic E-state index is -0.0978. The first kappa shape index (κ1) is 16.1. The first-order valence-electron chi connectivity index (χ1n) is 7.89. The lowest BCUT2D eigenvalue weighted by Crippen LogP contribution is -2.39. The summed E-state index contributed by atoms with van der Waals surface area (Å²) in [5.41, 5.74) is 1.28. The second-order valence-corrected chi connectivity index (χ2v) is 5.86. The Morgan fingerprint density at radius 1 is 1.33 bits per heavy atom. The maximum absolute atomic E-state index is 9.69. The normalized spacial score (nSPS) is 22.2. The van der Waals surface area contributed by atoms with Gasteiger partial charge in [0, 0.05) is 19.1 Å². The molecule has 0 atom stereocenters. The van der Waals surface area contributed by atoms with E-state index in [0.29, 0.717) is 6.04 Å². The van der Waals surface area contributed by atoms with E-state index in [4.69, 9.17) is 4.74 Å². The van der Waals surface area contributed by atoms with Crippen LogP contribution in [0.4, 0.5) is 0 Å². The molecule has 0 radical (unpaired) electrons. The fourth-order valence-electron chi connectivity index (χ4n) is 3.08. The van der Waals surface area contributed by atoms with Crippen molar-refractivity contribution in [3.63, 3.8) is 0 Å². The maximum atomic E-state index is 9.69. The van der Waals surface area contributed by atoms with Gasteiger partial charge in [0.05, 0.1) is 13.2 Å². The minimum absolute atomic E-state index is 0.0978. The molecule has 0 aliphatic heterocycles. The van der Waals surface area contributed by atoms with Crippen LogP contribution in [-0.4, -0.2) is 35.8 Å². The molecule has 0 aromatic heterocycles. The van der Waals surface area contributed by atoms with Crippen molar-refractivity contribution in [2.75, 3.05) is 13.7 Å². The standard InChI is InChI=1S/C18H27NO2/c1-3-4-12-19(16-8-10-17(20)11-9-16)14-15-6-5-7-18(13-15)21-2/h3,5-7,13,16-17,20H,1,4,8-12,14H2,2H3. The van der Waals surface area contributed by atoms with E-state index in [9.17, 15) is 5.11 Å². The fourth-order valence-corrected chi connectivity index (χ4v) is 3.08. The van der Waals surface area contributed by atoms with Gasteiger partial charge >= 0.3 is 0 Å². The zero-order valence-corrected chi connectivity index (χ0v) is 13.0. The average molecular weight is 289 g/mol. The van der Waals surface area contributed by atoms with E-state index in [1.165, 1.54) is 5.56 Å². The summed E-state index contributed by atoms with van der Waals surface area (Å²) < 4.78 is 5.31. The van der Waals surface area contributed by atoms with Crippen molar-refractivity contribution in [2.45, 2.75) is 50.8 Å². The fraction of sp³-hybridized carbons (Fsp3) is 0.556. The van der Waals surface area contributed by atoms with Gasteiger partial charge in [-0.3, -0.25) is 4.90 Å². The van der Waals surface area contributed by atoms with Crippen LogP contribution in [0.2, 0.25) is 0 Å². The van der Waals surface area contributed by atoms with Crippen LogP contribution in [0.5, 0.6) is 5.75 Å². The van der Waals surface area contributed by atoms with Crippen LogP contribution in [0.15, 0.2) is 36.9 Å². The highest BCUT2D eigenvalue weighted by Gasteiger charge is 2.24. The molecule has 3 nitrogen and oxygen atoms in total. The summed E-state index contributed by atoms with van der Waals surface area (Å²) in [5.74, 6) is 0.912. The zero-order valence-electron chi connectivity index (χ0n) is 13.0. The molecule has 0 unspecified atom stereocenters. The van der Waals surface area contributed by atoms with Crippen molar-refractivity contribution >= 4 is 0 Å². The predicted molar refractivity (Wildman–Crippen MR) is 86.5 cm³/mol. The van der Waals surface area contributed by atoms with E-state index in [-0.39, 0.29) is 6.10 Å². The summed E-state index contributed by atoms with van der Waals surface area (Å²) in [6.45, 7) is 5.80. The van der Waals surface area contributed by atoms with Crippen molar-refractivity contribution in [2.24, 2.45) is 0 Å². The number of aliphatic hydroxyl groups is 1. The second-order valence-electron chi connectivity index (χ2n) is 5.86. The number of ether oxygens (including phenoxy) is 1. The van der Waals surface area contributed by atoms with Crippen LogP contribution in [0.25, 0.3) is 0 Å². The summed E-state index contributed by atoms with van der Waals surface area (Å²) in [4.78, 5) is 2.53. The molecular formula is C18H27NO2. The molecule has 1 aliphatic carbocycles. The predicted octanol–water partition coefficient (Wildman–Crippen LogP) is 3.38. The van der Waals surface area contributed by atoms with E-state index in [2.05, 4.69) is 23.6 Å². The zero-order chi connectivity index (χ0) is 15.1. The van der Waals surface area contributed by atoms with E-state index in [0.717, 1.165) is 50.9 Å². The Morgan fingerprint density at radius 2 is 2.10 bits per heavy atom. The molecule has 0 heterocycles. The summed E-state index contributed by atoms with van der Waals surface area (Å²) in [6, 6.07) is 8.86. The highest BCUT2D eigenvalue weighted by atomic mass is 16.5. The number of aliphatic hydroxyl groups excluding tert-OH is 1. The third kappa shape index (κ3) is 4.87. The van der Waals surface area contributed by atoms with E-state index in [1.807, 2.05) is 18.2 Å². The molecule has 1 N–H and O–H groups in total. The number of nitrogens with zero attached hydrogens (tertiary/aromatic N) is 1. The Morgan fingerprint density at radius 3 is 2.76 bits per heavy atom. The molecule has 0 spiro atoms. The molecule has 1 aromatic rings. The van der Waals surface area contributed by atoms with E-state index in [1.54, 1.807) is 7.11 Å². The van der Waals surface area contributed by atoms with Crippen molar-refractivity contribution in [3.05, 3.63) is 42.5 Å². The van der Waals surface area contributed by atoms with Crippen LogP contribution in [0.1, 0.15) is 37.7 Å². The molecule has 0 saturated heterocycles. The molecule has 116 valence electrons. The third-order valence-corrected chi connectivity index (χ3v) is 4.32. The molecule has 2 rings (SSSR count). The highest BCUT2D eigenvalue weighted by Crippen LogP contribution is 2.25. The Hall–Kier alpha value is -1.32. The Balaban J connectivity index is 2.02. The summed E-state index contributed by atoms with van der Waals surface area (Å²) in [5, 5.41) is 9.69. The Labute approximate surface area is 128 Å². The van der Waals surface area contributed by atoms with Gasteiger partial charge in [-0.1, -0.05) is 18.2 Å². The molecule has 3 heteroatoms. The van der Waals surface area contributed by atoms with Gasteiger partial charge in [0.25, 0.3) is 0 Å². The van der Waals surface area contributed by atoms with E-state index < -0.39 is 0 Å². The Kier molecular flexibility index (Phi) is 6.27. The lowest BCUT2D eigenvalue weighted by molar-refractivity contribution is 0.0710. The first-order valence-corrected chi connectivity index (χ1v) is 7.89. The van der Waals surface area contributed by atoms with Gasteiger partial charge in [0.2, 0.25) is 0 Å². The lowest BCUT2D eigenvalue weighted by Gasteiger charge is -2.35.